The van der Waals surface area contributed by atoms with Crippen LogP contribution in [0.3, 0.4) is 0 Å². The summed E-state index contributed by atoms with van der Waals surface area (Å²) >= 11 is 0. The smallest absolute Gasteiger partial charge is 0.411 e. The van der Waals surface area contributed by atoms with Crippen molar-refractivity contribution in [3.63, 3.8) is 0 Å². The molecule has 4 rings (SSSR count). The van der Waals surface area contributed by atoms with E-state index >= 15 is 0 Å². The number of aryl methyl sites for hydroxylation is 1. The van der Waals surface area contributed by atoms with Crippen LogP contribution in [-0.2, 0) is 9.53 Å². The van der Waals surface area contributed by atoms with Gasteiger partial charge in [0, 0.05) is 13.0 Å². The monoisotopic (exact) mass is 444 g/mol. The number of amides is 2. The highest BCUT2D eigenvalue weighted by molar-refractivity contribution is 6.03. The van der Waals surface area contributed by atoms with Crippen LogP contribution >= 0.6 is 0 Å². The molecule has 0 radical (unpaired) electrons. The third kappa shape index (κ3) is 4.57. The number of ether oxygens (including phenoxy) is 1. The summed E-state index contributed by atoms with van der Waals surface area (Å²) in [5, 5.41) is 11.6. The largest absolute Gasteiger partial charge is 0.480 e. The molecule has 0 spiro atoms. The number of carboxylic acid groups (broad SMARTS) is 1. The van der Waals surface area contributed by atoms with Crippen molar-refractivity contribution in [1.29, 1.82) is 0 Å². The zero-order valence-electron chi connectivity index (χ0n) is 18.4. The number of nitrogens with one attached hydrogen (secondary N) is 1. The second-order valence-electron chi connectivity index (χ2n) is 8.05. The molecule has 0 fully saturated rings. The van der Waals surface area contributed by atoms with Crippen LogP contribution in [0.5, 0.6) is 0 Å². The Morgan fingerprint density at radius 1 is 0.970 bits per heavy atom. The topological polar surface area (TPSA) is 95.9 Å². The van der Waals surface area contributed by atoms with E-state index in [1.165, 1.54) is 7.05 Å². The number of carbonyl (C=O) groups is 3. The molecule has 7 heteroatoms. The maximum atomic E-state index is 12.7. The Balaban J connectivity index is 1.49. The molecule has 0 aliphatic heterocycles. The van der Waals surface area contributed by atoms with Gasteiger partial charge in [-0.2, -0.15) is 0 Å². The summed E-state index contributed by atoms with van der Waals surface area (Å²) in [6, 6.07) is 21.1. The molecule has 1 aliphatic rings. The minimum absolute atomic E-state index is 0.0797. The fourth-order valence-electron chi connectivity index (χ4n) is 4.17. The SMILES string of the molecule is Cc1ccc(NC(=O)OCC2c3ccccc3-c3ccccc32)c(C(=O)N(C)CC(=O)O)c1. The van der Waals surface area contributed by atoms with Crippen LogP contribution in [0, 0.1) is 6.92 Å². The van der Waals surface area contributed by atoms with Crippen molar-refractivity contribution in [3.05, 3.63) is 89.0 Å². The lowest BCUT2D eigenvalue weighted by Gasteiger charge is -2.18. The number of fused-ring (bicyclic) bond motifs is 3. The number of hydrogen-bond donors (Lipinski definition) is 2. The van der Waals surface area contributed by atoms with Gasteiger partial charge in [-0.15, -0.1) is 0 Å². The van der Waals surface area contributed by atoms with Crippen LogP contribution in [0.25, 0.3) is 11.1 Å². The van der Waals surface area contributed by atoms with Crippen molar-refractivity contribution in [2.24, 2.45) is 0 Å². The van der Waals surface area contributed by atoms with Gasteiger partial charge in [-0.25, -0.2) is 4.79 Å². The van der Waals surface area contributed by atoms with Crippen molar-refractivity contribution in [2.75, 3.05) is 25.5 Å². The van der Waals surface area contributed by atoms with Gasteiger partial charge in [0.25, 0.3) is 5.91 Å². The average Bonchev–Trinajstić information content (AvgIpc) is 3.11. The minimum Gasteiger partial charge on any atom is -0.480 e. The zero-order chi connectivity index (χ0) is 23.5. The van der Waals surface area contributed by atoms with Gasteiger partial charge < -0.3 is 14.7 Å². The van der Waals surface area contributed by atoms with E-state index in [9.17, 15) is 14.4 Å². The Bertz CT molecular complexity index is 1190. The molecular formula is C26H24N2O5. The van der Waals surface area contributed by atoms with Crippen LogP contribution in [0.15, 0.2) is 66.7 Å². The number of nitrogens with zero attached hydrogens (tertiary/aromatic N) is 1. The van der Waals surface area contributed by atoms with Crippen LogP contribution in [-0.4, -0.2) is 48.2 Å². The fourth-order valence-corrected chi connectivity index (χ4v) is 4.17. The van der Waals surface area contributed by atoms with Crippen LogP contribution < -0.4 is 5.32 Å². The number of likely N-dealkylation sites (N-methyl/N-ethyl adjacent to an activating group) is 1. The molecule has 2 N–H and O–H groups in total. The van der Waals surface area contributed by atoms with E-state index in [2.05, 4.69) is 17.4 Å². The first-order valence-electron chi connectivity index (χ1n) is 10.5. The number of carboxylic acids is 1. The summed E-state index contributed by atoms with van der Waals surface area (Å²) in [4.78, 5) is 37.5. The van der Waals surface area contributed by atoms with Crippen molar-refractivity contribution in [3.8, 4) is 11.1 Å². The number of rotatable bonds is 6. The number of carbonyl (C=O) groups excluding carboxylic acids is 2. The van der Waals surface area contributed by atoms with Crippen LogP contribution in [0.2, 0.25) is 0 Å². The van der Waals surface area contributed by atoms with Gasteiger partial charge >= 0.3 is 12.1 Å². The second-order valence-corrected chi connectivity index (χ2v) is 8.05. The van der Waals surface area contributed by atoms with E-state index in [4.69, 9.17) is 9.84 Å². The lowest BCUT2D eigenvalue weighted by Crippen LogP contribution is -2.32. The molecule has 0 heterocycles. The molecule has 2 amide bonds. The van der Waals surface area contributed by atoms with E-state index in [0.29, 0.717) is 0 Å². The fraction of sp³-hybridized carbons (Fsp3) is 0.192. The van der Waals surface area contributed by atoms with E-state index in [0.717, 1.165) is 32.7 Å². The quantitative estimate of drug-likeness (QED) is 0.583. The number of benzene rings is 3. The summed E-state index contributed by atoms with van der Waals surface area (Å²) < 4.78 is 5.56. The lowest BCUT2D eigenvalue weighted by atomic mass is 9.98. The maximum Gasteiger partial charge on any atom is 0.411 e. The second kappa shape index (κ2) is 9.16. The summed E-state index contributed by atoms with van der Waals surface area (Å²) in [6.45, 7) is 1.51. The van der Waals surface area contributed by atoms with Crippen molar-refractivity contribution >= 4 is 23.7 Å². The molecule has 0 saturated heterocycles. The Hall–Kier alpha value is -4.13. The minimum atomic E-state index is -1.12. The normalized spacial score (nSPS) is 11.9. The standard InChI is InChI=1S/C26H24N2O5/c1-16-11-12-23(21(13-16)25(31)28(2)14-24(29)30)27-26(32)33-15-22-19-9-5-3-7-17(19)18-8-4-6-10-20(18)22/h3-13,22H,14-15H2,1-2H3,(H,27,32)(H,29,30). The van der Waals surface area contributed by atoms with Gasteiger partial charge in [-0.1, -0.05) is 60.2 Å². The average molecular weight is 444 g/mol. The number of hydrogen-bond acceptors (Lipinski definition) is 4. The van der Waals surface area contributed by atoms with E-state index in [-0.39, 0.29) is 23.8 Å². The predicted octanol–water partition coefficient (Wildman–Crippen LogP) is 4.51. The highest BCUT2D eigenvalue weighted by atomic mass is 16.5. The first kappa shape index (κ1) is 22.1. The Morgan fingerprint density at radius 2 is 1.58 bits per heavy atom. The highest BCUT2D eigenvalue weighted by Crippen LogP contribution is 2.44. The van der Waals surface area contributed by atoms with E-state index in [1.807, 2.05) is 43.3 Å². The van der Waals surface area contributed by atoms with Crippen molar-refractivity contribution in [2.45, 2.75) is 12.8 Å². The molecule has 0 bridgehead atoms. The molecule has 33 heavy (non-hydrogen) atoms. The number of anilines is 1. The van der Waals surface area contributed by atoms with Gasteiger partial charge in [-0.05, 0) is 41.3 Å². The van der Waals surface area contributed by atoms with Gasteiger partial charge in [0.05, 0.1) is 11.3 Å². The Morgan fingerprint density at radius 3 is 2.18 bits per heavy atom. The maximum absolute atomic E-state index is 12.7. The third-order valence-electron chi connectivity index (χ3n) is 5.71. The van der Waals surface area contributed by atoms with Crippen molar-refractivity contribution < 1.29 is 24.2 Å². The first-order chi connectivity index (χ1) is 15.8. The van der Waals surface area contributed by atoms with E-state index < -0.39 is 24.5 Å². The predicted molar refractivity (Wildman–Crippen MR) is 124 cm³/mol. The third-order valence-corrected chi connectivity index (χ3v) is 5.71. The molecule has 0 aromatic heterocycles. The highest BCUT2D eigenvalue weighted by Gasteiger charge is 2.29. The summed E-state index contributed by atoms with van der Waals surface area (Å²) in [5.41, 5.74) is 5.75. The van der Waals surface area contributed by atoms with Gasteiger partial charge in [0.2, 0.25) is 0 Å². The van der Waals surface area contributed by atoms with Gasteiger partial charge in [0.15, 0.2) is 0 Å². The molecule has 3 aromatic carbocycles. The summed E-state index contributed by atoms with van der Waals surface area (Å²) in [7, 11) is 1.40. The summed E-state index contributed by atoms with van der Waals surface area (Å²) in [6.07, 6.45) is -0.685. The Kier molecular flexibility index (Phi) is 6.13. The molecule has 3 aromatic rings. The van der Waals surface area contributed by atoms with E-state index in [1.54, 1.807) is 18.2 Å². The lowest BCUT2D eigenvalue weighted by molar-refractivity contribution is -0.137. The van der Waals surface area contributed by atoms with Crippen LogP contribution in [0.4, 0.5) is 10.5 Å². The molecule has 168 valence electrons. The van der Waals surface area contributed by atoms with Gasteiger partial charge in [-0.3, -0.25) is 14.9 Å². The van der Waals surface area contributed by atoms with Crippen LogP contribution in [0.1, 0.15) is 33.0 Å². The summed E-state index contributed by atoms with van der Waals surface area (Å²) in [5.74, 6) is -1.71. The number of aliphatic carboxylic acids is 1. The molecule has 7 nitrogen and oxygen atoms in total. The first-order valence-corrected chi connectivity index (χ1v) is 10.5. The molecule has 1 aliphatic carbocycles. The van der Waals surface area contributed by atoms with Gasteiger partial charge in [0.1, 0.15) is 13.2 Å². The molecular weight excluding hydrogens is 420 g/mol. The zero-order valence-corrected chi connectivity index (χ0v) is 18.4. The molecule has 0 atom stereocenters. The Labute approximate surface area is 191 Å². The molecule has 0 saturated carbocycles. The van der Waals surface area contributed by atoms with Crippen molar-refractivity contribution in [1.82, 2.24) is 4.90 Å². The molecule has 0 unspecified atom stereocenters.